The molecule has 1 amide bonds. The molecule has 29 heavy (non-hydrogen) atoms. The van der Waals surface area contributed by atoms with Gasteiger partial charge in [-0.1, -0.05) is 30.3 Å². The predicted molar refractivity (Wildman–Crippen MR) is 109 cm³/mol. The van der Waals surface area contributed by atoms with Gasteiger partial charge in [0, 0.05) is 60.1 Å². The summed E-state index contributed by atoms with van der Waals surface area (Å²) in [5.74, 6) is -0.435. The van der Waals surface area contributed by atoms with E-state index in [1.54, 1.807) is 23.1 Å². The Morgan fingerprint density at radius 2 is 1.83 bits per heavy atom. The molecule has 0 aliphatic carbocycles. The number of esters is 1. The van der Waals surface area contributed by atoms with E-state index in [0.29, 0.717) is 24.2 Å². The number of fused-ring (bicyclic) bond motifs is 3. The number of carbonyl (C=O) groups excluding carboxylic acids is 3. The van der Waals surface area contributed by atoms with E-state index in [0.717, 1.165) is 28.6 Å². The molecule has 2 heterocycles. The Balaban J connectivity index is 1.48. The quantitative estimate of drug-likeness (QED) is 0.534. The van der Waals surface area contributed by atoms with Crippen molar-refractivity contribution in [2.75, 3.05) is 13.7 Å². The molecule has 6 heteroatoms. The zero-order chi connectivity index (χ0) is 20.4. The number of methoxy groups -OCH3 is 1. The summed E-state index contributed by atoms with van der Waals surface area (Å²) in [6.45, 7) is 1.08. The van der Waals surface area contributed by atoms with Crippen LogP contribution in [0, 0.1) is 0 Å². The molecule has 2 aromatic carbocycles. The fourth-order valence-corrected chi connectivity index (χ4v) is 3.82. The van der Waals surface area contributed by atoms with Crippen molar-refractivity contribution in [2.24, 2.45) is 0 Å². The lowest BCUT2D eigenvalue weighted by Gasteiger charge is -2.27. The second-order valence-corrected chi connectivity index (χ2v) is 7.19. The molecule has 6 nitrogen and oxygen atoms in total. The van der Waals surface area contributed by atoms with Gasteiger partial charge in [0.05, 0.1) is 12.7 Å². The second kappa shape index (κ2) is 7.91. The fraction of sp³-hybridized carbons (Fsp3) is 0.261. The summed E-state index contributed by atoms with van der Waals surface area (Å²) in [6.07, 6.45) is 1.11. The normalized spacial score (nSPS) is 13.2. The average molecular weight is 390 g/mol. The molecular formula is C23H22N2O4. The van der Waals surface area contributed by atoms with E-state index >= 15 is 0 Å². The van der Waals surface area contributed by atoms with Crippen molar-refractivity contribution in [3.05, 3.63) is 70.9 Å². The van der Waals surface area contributed by atoms with E-state index in [-0.39, 0.29) is 30.5 Å². The summed E-state index contributed by atoms with van der Waals surface area (Å²) < 4.78 is 4.81. The minimum Gasteiger partial charge on any atom is -0.465 e. The first-order valence-electron chi connectivity index (χ1n) is 9.64. The van der Waals surface area contributed by atoms with E-state index < -0.39 is 0 Å². The molecular weight excluding hydrogens is 368 g/mol. The highest BCUT2D eigenvalue weighted by atomic mass is 16.5. The zero-order valence-corrected chi connectivity index (χ0v) is 16.2. The number of rotatable bonds is 5. The SMILES string of the molecule is COC(=O)c1ccc2[nH]c3c(c2c1)CN(C(=O)CCC(=O)c1ccccc1)CC3. The monoisotopic (exact) mass is 390 g/mol. The number of benzene rings is 2. The number of nitrogens with one attached hydrogen (secondary N) is 1. The van der Waals surface area contributed by atoms with Gasteiger partial charge in [0.15, 0.2) is 5.78 Å². The summed E-state index contributed by atoms with van der Waals surface area (Å²) in [5, 5.41) is 0.931. The van der Waals surface area contributed by atoms with Gasteiger partial charge >= 0.3 is 5.97 Å². The van der Waals surface area contributed by atoms with Gasteiger partial charge in [0.1, 0.15) is 0 Å². The number of H-pyrrole nitrogens is 1. The van der Waals surface area contributed by atoms with Crippen LogP contribution in [0.4, 0.5) is 0 Å². The number of ether oxygens (including phenoxy) is 1. The highest BCUT2D eigenvalue weighted by Crippen LogP contribution is 2.29. The number of ketones is 1. The van der Waals surface area contributed by atoms with E-state index in [1.165, 1.54) is 7.11 Å². The number of Topliss-reactive ketones (excluding diaryl/α,β-unsaturated/α-hetero) is 1. The van der Waals surface area contributed by atoms with Crippen molar-refractivity contribution < 1.29 is 19.1 Å². The molecule has 0 bridgehead atoms. The van der Waals surface area contributed by atoms with Gasteiger partial charge in [-0.15, -0.1) is 0 Å². The highest BCUT2D eigenvalue weighted by Gasteiger charge is 2.25. The molecule has 0 saturated heterocycles. The Morgan fingerprint density at radius 3 is 2.59 bits per heavy atom. The minimum atomic E-state index is -0.384. The Kier molecular flexibility index (Phi) is 5.16. The van der Waals surface area contributed by atoms with Gasteiger partial charge in [-0.05, 0) is 18.2 Å². The Morgan fingerprint density at radius 1 is 1.03 bits per heavy atom. The molecule has 3 aromatic rings. The summed E-state index contributed by atoms with van der Waals surface area (Å²) >= 11 is 0. The van der Waals surface area contributed by atoms with Gasteiger partial charge < -0.3 is 14.6 Å². The smallest absolute Gasteiger partial charge is 0.337 e. The van der Waals surface area contributed by atoms with Gasteiger partial charge in [0.2, 0.25) is 5.91 Å². The number of nitrogens with zero attached hydrogens (tertiary/aromatic N) is 1. The van der Waals surface area contributed by atoms with Crippen molar-refractivity contribution in [1.29, 1.82) is 0 Å². The number of carbonyl (C=O) groups is 3. The second-order valence-electron chi connectivity index (χ2n) is 7.19. The molecule has 0 spiro atoms. The van der Waals surface area contributed by atoms with E-state index in [4.69, 9.17) is 4.74 Å². The molecule has 1 aliphatic rings. The van der Waals surface area contributed by atoms with Gasteiger partial charge in [-0.2, -0.15) is 0 Å². The van der Waals surface area contributed by atoms with Crippen molar-refractivity contribution in [3.8, 4) is 0 Å². The first kappa shape index (κ1) is 18.9. The van der Waals surface area contributed by atoms with Crippen LogP contribution in [-0.2, 0) is 22.5 Å². The molecule has 0 fully saturated rings. The van der Waals surface area contributed by atoms with E-state index in [1.807, 2.05) is 30.3 Å². The van der Waals surface area contributed by atoms with Gasteiger partial charge in [0.25, 0.3) is 0 Å². The maximum absolute atomic E-state index is 12.7. The lowest BCUT2D eigenvalue weighted by Crippen LogP contribution is -2.35. The Bertz CT molecular complexity index is 1080. The molecule has 1 N–H and O–H groups in total. The van der Waals surface area contributed by atoms with E-state index in [2.05, 4.69) is 4.98 Å². The van der Waals surface area contributed by atoms with Crippen LogP contribution < -0.4 is 0 Å². The topological polar surface area (TPSA) is 79.5 Å². The van der Waals surface area contributed by atoms with Crippen LogP contribution in [0.15, 0.2) is 48.5 Å². The Labute approximate surface area is 168 Å². The van der Waals surface area contributed by atoms with Gasteiger partial charge in [-0.3, -0.25) is 9.59 Å². The summed E-state index contributed by atoms with van der Waals surface area (Å²) in [6, 6.07) is 14.4. The lowest BCUT2D eigenvalue weighted by atomic mass is 10.0. The fourth-order valence-electron chi connectivity index (χ4n) is 3.82. The predicted octanol–water partition coefficient (Wildman–Crippen LogP) is 3.50. The average Bonchev–Trinajstić information content (AvgIpc) is 3.14. The Hall–Kier alpha value is -3.41. The third-order valence-corrected chi connectivity index (χ3v) is 5.41. The minimum absolute atomic E-state index is 0.0218. The molecule has 0 radical (unpaired) electrons. The number of aromatic nitrogens is 1. The van der Waals surface area contributed by atoms with Crippen LogP contribution in [0.1, 0.15) is 44.8 Å². The molecule has 0 saturated carbocycles. The van der Waals surface area contributed by atoms with Crippen LogP contribution in [0.5, 0.6) is 0 Å². The van der Waals surface area contributed by atoms with E-state index in [9.17, 15) is 14.4 Å². The largest absolute Gasteiger partial charge is 0.465 e. The maximum Gasteiger partial charge on any atom is 0.337 e. The molecule has 4 rings (SSSR count). The number of aromatic amines is 1. The van der Waals surface area contributed by atoms with Crippen LogP contribution in [0.25, 0.3) is 10.9 Å². The highest BCUT2D eigenvalue weighted by molar-refractivity contribution is 5.98. The van der Waals surface area contributed by atoms with Crippen LogP contribution in [0.3, 0.4) is 0 Å². The molecule has 0 atom stereocenters. The molecule has 1 aliphatic heterocycles. The molecule has 148 valence electrons. The molecule has 1 aromatic heterocycles. The van der Waals surface area contributed by atoms with Crippen LogP contribution >= 0.6 is 0 Å². The van der Waals surface area contributed by atoms with Crippen LogP contribution in [-0.4, -0.2) is 41.2 Å². The van der Waals surface area contributed by atoms with Crippen molar-refractivity contribution in [3.63, 3.8) is 0 Å². The van der Waals surface area contributed by atoms with Crippen molar-refractivity contribution >= 4 is 28.6 Å². The zero-order valence-electron chi connectivity index (χ0n) is 16.2. The third-order valence-electron chi connectivity index (χ3n) is 5.41. The molecule has 0 unspecified atom stereocenters. The van der Waals surface area contributed by atoms with Crippen molar-refractivity contribution in [2.45, 2.75) is 25.8 Å². The lowest BCUT2D eigenvalue weighted by molar-refractivity contribution is -0.132. The standard InChI is InChI=1S/C23H22N2O4/c1-29-23(28)16-7-8-19-17(13-16)18-14-25(12-11-20(18)24-19)22(27)10-9-21(26)15-5-3-2-4-6-15/h2-8,13,24H,9-12,14H2,1H3. The first-order valence-corrected chi connectivity index (χ1v) is 9.64. The van der Waals surface area contributed by atoms with Gasteiger partial charge in [-0.25, -0.2) is 4.79 Å². The number of hydrogen-bond donors (Lipinski definition) is 1. The number of hydrogen-bond acceptors (Lipinski definition) is 4. The van der Waals surface area contributed by atoms with Crippen LogP contribution in [0.2, 0.25) is 0 Å². The maximum atomic E-state index is 12.7. The summed E-state index contributed by atoms with van der Waals surface area (Å²) in [7, 11) is 1.36. The number of amides is 1. The first-order chi connectivity index (χ1) is 14.1. The summed E-state index contributed by atoms with van der Waals surface area (Å²) in [4.78, 5) is 42.0. The van der Waals surface area contributed by atoms with Crippen molar-refractivity contribution in [1.82, 2.24) is 9.88 Å². The summed E-state index contributed by atoms with van der Waals surface area (Å²) in [5.41, 5.74) is 4.18. The third kappa shape index (κ3) is 3.78.